The Morgan fingerprint density at radius 2 is 1.86 bits per heavy atom. The van der Waals surface area contributed by atoms with E-state index in [1.54, 1.807) is 54.5 Å². The smallest absolute Gasteiger partial charge is 0.240 e. The summed E-state index contributed by atoms with van der Waals surface area (Å²) in [4.78, 5) is 13.2. The van der Waals surface area contributed by atoms with E-state index < -0.39 is 10.0 Å². The molecule has 0 aliphatic heterocycles. The lowest BCUT2D eigenvalue weighted by Crippen LogP contribution is -2.18. The van der Waals surface area contributed by atoms with Gasteiger partial charge in [0.15, 0.2) is 5.82 Å². The van der Waals surface area contributed by atoms with Crippen molar-refractivity contribution in [2.75, 3.05) is 17.8 Å². The molecule has 2 aromatic carbocycles. The van der Waals surface area contributed by atoms with Crippen LogP contribution in [0.15, 0.2) is 77.2 Å². The van der Waals surface area contributed by atoms with Gasteiger partial charge < -0.3 is 5.32 Å². The summed E-state index contributed by atoms with van der Waals surface area (Å²) in [5.41, 5.74) is 5.61. The molecule has 0 saturated heterocycles. The van der Waals surface area contributed by atoms with Crippen LogP contribution in [0, 0.1) is 12.7 Å². The van der Waals surface area contributed by atoms with Crippen molar-refractivity contribution >= 4 is 33.2 Å². The molecule has 0 spiro atoms. The third-order valence-electron chi connectivity index (χ3n) is 5.12. The Balaban J connectivity index is 1.62. The molecule has 0 fully saturated rings. The van der Waals surface area contributed by atoms with Crippen molar-refractivity contribution in [1.29, 1.82) is 0 Å². The topological polar surface area (TPSA) is 126 Å². The van der Waals surface area contributed by atoms with Crippen LogP contribution in [0.1, 0.15) is 18.1 Å². The van der Waals surface area contributed by atoms with E-state index in [-0.39, 0.29) is 16.7 Å². The second-order valence-electron chi connectivity index (χ2n) is 7.53. The molecule has 0 aliphatic carbocycles. The lowest BCUT2D eigenvalue weighted by Gasteiger charge is -2.12. The first-order chi connectivity index (χ1) is 16.7. The fourth-order valence-corrected chi connectivity index (χ4v) is 3.85. The average Bonchev–Trinajstić information content (AvgIpc) is 3.40. The molecule has 3 N–H and O–H groups in total. The Bertz CT molecular complexity index is 1470. The van der Waals surface area contributed by atoms with E-state index in [2.05, 4.69) is 35.5 Å². The van der Waals surface area contributed by atoms with Crippen molar-refractivity contribution < 1.29 is 12.8 Å². The van der Waals surface area contributed by atoms with Crippen LogP contribution in [0.2, 0.25) is 0 Å². The highest BCUT2D eigenvalue weighted by Gasteiger charge is 2.12. The molecule has 0 unspecified atom stereocenters. The molecule has 2 aromatic heterocycles. The van der Waals surface area contributed by atoms with Crippen LogP contribution in [-0.2, 0) is 10.0 Å². The van der Waals surface area contributed by atoms with Gasteiger partial charge in [-0.05, 0) is 56.3 Å². The van der Waals surface area contributed by atoms with E-state index in [0.717, 1.165) is 11.1 Å². The van der Waals surface area contributed by atoms with Crippen molar-refractivity contribution in [2.45, 2.75) is 18.7 Å². The highest BCUT2D eigenvalue weighted by Crippen LogP contribution is 2.22. The maximum atomic E-state index is 13.8. The summed E-state index contributed by atoms with van der Waals surface area (Å²) in [5.74, 6) is 0.762. The molecule has 0 bridgehead atoms. The minimum atomic E-state index is -3.52. The standard InChI is InChI=1S/C23H23FN8O2S/c1-15-4-7-18(24)12-20(15)27-23-28-21(13-22(29-23)32-11-10-26-14-32)31-30-16(2)17-5-8-19(9-6-17)35(33,34)25-3/h4-14,25H,1-3H3,(H2,27,28,29,31). The summed E-state index contributed by atoms with van der Waals surface area (Å²) in [6, 6.07) is 12.5. The van der Waals surface area contributed by atoms with Crippen LogP contribution in [-0.4, -0.2) is 40.7 Å². The molecule has 10 nitrogen and oxygen atoms in total. The Morgan fingerprint density at radius 1 is 1.09 bits per heavy atom. The van der Waals surface area contributed by atoms with Gasteiger partial charge in [-0.1, -0.05) is 18.2 Å². The van der Waals surface area contributed by atoms with Gasteiger partial charge in [0.25, 0.3) is 0 Å². The highest BCUT2D eigenvalue weighted by molar-refractivity contribution is 7.89. The number of hydrogen-bond acceptors (Lipinski definition) is 8. The Morgan fingerprint density at radius 3 is 2.54 bits per heavy atom. The number of hydrazone groups is 1. The van der Waals surface area contributed by atoms with Crippen molar-refractivity contribution in [3.63, 3.8) is 0 Å². The van der Waals surface area contributed by atoms with Crippen LogP contribution in [0.5, 0.6) is 0 Å². The van der Waals surface area contributed by atoms with Crippen molar-refractivity contribution in [3.8, 4) is 5.82 Å². The lowest BCUT2D eigenvalue weighted by atomic mass is 10.1. The van der Waals surface area contributed by atoms with E-state index in [0.29, 0.717) is 23.0 Å². The van der Waals surface area contributed by atoms with Crippen LogP contribution >= 0.6 is 0 Å². The number of halogens is 1. The molecule has 180 valence electrons. The summed E-state index contributed by atoms with van der Waals surface area (Å²) in [6.07, 6.45) is 4.95. The highest BCUT2D eigenvalue weighted by atomic mass is 32.2. The number of nitrogens with zero attached hydrogens (tertiary/aromatic N) is 5. The maximum Gasteiger partial charge on any atom is 0.240 e. The van der Waals surface area contributed by atoms with Gasteiger partial charge in [0, 0.05) is 24.1 Å². The Labute approximate surface area is 202 Å². The second kappa shape index (κ2) is 9.99. The summed E-state index contributed by atoms with van der Waals surface area (Å²) in [6.45, 7) is 3.63. The van der Waals surface area contributed by atoms with Gasteiger partial charge in [-0.25, -0.2) is 22.5 Å². The maximum absolute atomic E-state index is 13.8. The molecule has 35 heavy (non-hydrogen) atoms. The van der Waals surface area contributed by atoms with Gasteiger partial charge in [-0.3, -0.25) is 9.99 Å². The number of hydrogen-bond donors (Lipinski definition) is 3. The summed E-state index contributed by atoms with van der Waals surface area (Å²) < 4.78 is 41.6. The minimum absolute atomic E-state index is 0.161. The lowest BCUT2D eigenvalue weighted by molar-refractivity contribution is 0.588. The molecule has 4 rings (SSSR count). The summed E-state index contributed by atoms with van der Waals surface area (Å²) in [7, 11) is -2.16. The second-order valence-corrected chi connectivity index (χ2v) is 9.42. The molecule has 0 saturated carbocycles. The van der Waals surface area contributed by atoms with Gasteiger partial charge in [-0.2, -0.15) is 15.1 Å². The van der Waals surface area contributed by atoms with Gasteiger partial charge in [0.05, 0.1) is 10.6 Å². The first kappa shape index (κ1) is 24.0. The monoisotopic (exact) mass is 494 g/mol. The molecule has 0 atom stereocenters. The average molecular weight is 495 g/mol. The predicted molar refractivity (Wildman–Crippen MR) is 132 cm³/mol. The first-order valence-corrected chi connectivity index (χ1v) is 12.0. The largest absolute Gasteiger partial charge is 0.324 e. The Hall–Kier alpha value is -4.16. The number of imidazole rings is 1. The number of anilines is 3. The van der Waals surface area contributed by atoms with E-state index >= 15 is 0 Å². The number of aryl methyl sites for hydroxylation is 1. The number of benzene rings is 2. The zero-order valence-corrected chi connectivity index (χ0v) is 20.0. The molecule has 4 aromatic rings. The number of sulfonamides is 1. The quantitative estimate of drug-likeness (QED) is 0.252. The molecule has 12 heteroatoms. The zero-order valence-electron chi connectivity index (χ0n) is 19.2. The van der Waals surface area contributed by atoms with Gasteiger partial charge >= 0.3 is 0 Å². The van der Waals surface area contributed by atoms with Crippen molar-refractivity contribution in [1.82, 2.24) is 24.2 Å². The third kappa shape index (κ3) is 5.67. The minimum Gasteiger partial charge on any atom is -0.324 e. The van der Waals surface area contributed by atoms with Gasteiger partial charge in [0.2, 0.25) is 16.0 Å². The molecular weight excluding hydrogens is 471 g/mol. The summed E-state index contributed by atoms with van der Waals surface area (Å²) in [5, 5.41) is 7.43. The van der Waals surface area contributed by atoms with Crippen molar-refractivity contribution in [3.05, 3.63) is 84.2 Å². The van der Waals surface area contributed by atoms with E-state index in [4.69, 9.17) is 0 Å². The SMILES string of the molecule is CNS(=O)(=O)c1ccc(C(C)=NNc2cc(-n3ccnc3)nc(Nc3cc(F)ccc3C)n2)cc1. The van der Waals surface area contributed by atoms with Gasteiger partial charge in [0.1, 0.15) is 18.0 Å². The predicted octanol–water partition coefficient (Wildman–Crippen LogP) is 3.60. The van der Waals surface area contributed by atoms with Crippen LogP contribution in [0.25, 0.3) is 5.82 Å². The third-order valence-corrected chi connectivity index (χ3v) is 6.55. The number of rotatable bonds is 8. The molecule has 0 aliphatic rings. The molecule has 0 radical (unpaired) electrons. The number of nitrogens with one attached hydrogen (secondary N) is 3. The van der Waals surface area contributed by atoms with E-state index in [9.17, 15) is 12.8 Å². The zero-order chi connectivity index (χ0) is 25.0. The molecule has 2 heterocycles. The Kier molecular flexibility index (Phi) is 6.85. The normalized spacial score (nSPS) is 11.9. The van der Waals surface area contributed by atoms with Crippen molar-refractivity contribution in [2.24, 2.45) is 5.10 Å². The van der Waals surface area contributed by atoms with Gasteiger partial charge in [-0.15, -0.1) is 0 Å². The van der Waals surface area contributed by atoms with E-state index in [1.807, 2.05) is 6.92 Å². The first-order valence-electron chi connectivity index (χ1n) is 10.5. The van der Waals surface area contributed by atoms with Crippen LogP contribution < -0.4 is 15.5 Å². The fraction of sp³-hybridized carbons (Fsp3) is 0.130. The molecular formula is C23H23FN8O2S. The van der Waals surface area contributed by atoms with Crippen LogP contribution in [0.4, 0.5) is 21.8 Å². The fourth-order valence-electron chi connectivity index (χ4n) is 3.12. The van der Waals surface area contributed by atoms with Crippen LogP contribution in [0.3, 0.4) is 0 Å². The summed E-state index contributed by atoms with van der Waals surface area (Å²) >= 11 is 0. The van der Waals surface area contributed by atoms with E-state index in [1.165, 1.54) is 31.3 Å². The molecule has 0 amide bonds. The number of aromatic nitrogens is 4.